The van der Waals surface area contributed by atoms with E-state index in [0.717, 1.165) is 62.4 Å². The van der Waals surface area contributed by atoms with Gasteiger partial charge in [-0.05, 0) is 62.1 Å². The summed E-state index contributed by atoms with van der Waals surface area (Å²) >= 11 is 0. The van der Waals surface area contributed by atoms with Crippen molar-refractivity contribution in [2.45, 2.75) is 25.7 Å². The fraction of sp³-hybridized carbons (Fsp3) is 0.391. The summed E-state index contributed by atoms with van der Waals surface area (Å²) in [6, 6.07) is 17.8. The predicted molar refractivity (Wildman–Crippen MR) is 115 cm³/mol. The topological polar surface area (TPSA) is 64.7 Å². The molecule has 29 heavy (non-hydrogen) atoms. The smallest absolute Gasteiger partial charge is 0.320 e. The van der Waals surface area contributed by atoms with E-state index >= 15 is 0 Å². The summed E-state index contributed by atoms with van der Waals surface area (Å²) in [6.07, 6.45) is 3.86. The molecule has 152 valence electrons. The Hall–Kier alpha value is -3.02. The lowest BCUT2D eigenvalue weighted by Gasteiger charge is -2.34. The highest BCUT2D eigenvalue weighted by molar-refractivity contribution is 5.93. The molecule has 2 aromatic rings. The van der Waals surface area contributed by atoms with Crippen LogP contribution in [0.3, 0.4) is 0 Å². The molecule has 2 aromatic carbocycles. The molecule has 0 aromatic heterocycles. The first-order valence-corrected chi connectivity index (χ1v) is 10.5. The number of piperidine rings is 1. The summed E-state index contributed by atoms with van der Waals surface area (Å²) in [7, 11) is 0. The van der Waals surface area contributed by atoms with Crippen LogP contribution in [0.25, 0.3) is 0 Å². The molecule has 2 aliphatic heterocycles. The lowest BCUT2D eigenvalue weighted by Crippen LogP contribution is -2.48. The van der Waals surface area contributed by atoms with Gasteiger partial charge >= 0.3 is 6.03 Å². The van der Waals surface area contributed by atoms with E-state index in [1.807, 2.05) is 64.4 Å². The van der Waals surface area contributed by atoms with Gasteiger partial charge in [-0.1, -0.05) is 18.2 Å². The fourth-order valence-electron chi connectivity index (χ4n) is 4.04. The molecule has 2 heterocycles. The number of amides is 3. The van der Waals surface area contributed by atoms with Crippen molar-refractivity contribution in [3.8, 4) is 0 Å². The lowest BCUT2D eigenvalue weighted by molar-refractivity contribution is -0.121. The first-order valence-electron chi connectivity index (χ1n) is 10.5. The summed E-state index contributed by atoms with van der Waals surface area (Å²) < 4.78 is 0. The van der Waals surface area contributed by atoms with Crippen LogP contribution in [0, 0.1) is 5.92 Å². The molecule has 1 unspecified atom stereocenters. The molecule has 4 rings (SSSR count). The SMILES string of the molecule is O=C(Nc1ccc(Nc2ccccc2)cc1)C1CCCN(C(=O)N2CCCC2)C1. The molecule has 6 heteroatoms. The largest absolute Gasteiger partial charge is 0.356 e. The van der Waals surface area contributed by atoms with Crippen LogP contribution in [-0.2, 0) is 4.79 Å². The number of hydrogen-bond donors (Lipinski definition) is 2. The number of likely N-dealkylation sites (tertiary alicyclic amines) is 2. The Balaban J connectivity index is 1.32. The van der Waals surface area contributed by atoms with Crippen LogP contribution in [-0.4, -0.2) is 47.9 Å². The van der Waals surface area contributed by atoms with Crippen molar-refractivity contribution in [3.05, 3.63) is 54.6 Å². The Morgan fingerprint density at radius 1 is 0.759 bits per heavy atom. The third-order valence-corrected chi connectivity index (χ3v) is 5.65. The highest BCUT2D eigenvalue weighted by atomic mass is 16.2. The van der Waals surface area contributed by atoms with Crippen molar-refractivity contribution in [1.82, 2.24) is 9.80 Å². The fourth-order valence-corrected chi connectivity index (χ4v) is 4.04. The number of urea groups is 1. The number of nitrogens with one attached hydrogen (secondary N) is 2. The summed E-state index contributed by atoms with van der Waals surface area (Å²) in [5.74, 6) is -0.162. The van der Waals surface area contributed by atoms with E-state index in [9.17, 15) is 9.59 Å². The van der Waals surface area contributed by atoms with Gasteiger partial charge in [0.15, 0.2) is 0 Å². The minimum atomic E-state index is -0.155. The molecule has 2 fully saturated rings. The average molecular weight is 393 g/mol. The van der Waals surface area contributed by atoms with Crippen LogP contribution >= 0.6 is 0 Å². The van der Waals surface area contributed by atoms with Crippen molar-refractivity contribution < 1.29 is 9.59 Å². The summed E-state index contributed by atoms with van der Waals surface area (Å²) in [4.78, 5) is 29.2. The maximum absolute atomic E-state index is 12.8. The van der Waals surface area contributed by atoms with E-state index in [1.54, 1.807) is 0 Å². The van der Waals surface area contributed by atoms with Gasteiger partial charge in [0.05, 0.1) is 5.92 Å². The van der Waals surface area contributed by atoms with Crippen molar-refractivity contribution in [1.29, 1.82) is 0 Å². The molecular formula is C23H28N4O2. The highest BCUT2D eigenvalue weighted by Gasteiger charge is 2.31. The second-order valence-electron chi connectivity index (χ2n) is 7.82. The minimum absolute atomic E-state index is 0.00677. The second-order valence-corrected chi connectivity index (χ2v) is 7.82. The first-order chi connectivity index (χ1) is 14.2. The molecule has 0 spiro atoms. The normalized spacial score (nSPS) is 19.1. The third-order valence-electron chi connectivity index (χ3n) is 5.65. The van der Waals surface area contributed by atoms with Crippen molar-refractivity contribution in [2.24, 2.45) is 5.92 Å². The van der Waals surface area contributed by atoms with Gasteiger partial charge in [-0.15, -0.1) is 0 Å². The lowest BCUT2D eigenvalue weighted by atomic mass is 9.97. The molecule has 3 amide bonds. The van der Waals surface area contributed by atoms with Crippen molar-refractivity contribution >= 4 is 29.0 Å². The number of carbonyl (C=O) groups excluding carboxylic acids is 2. The molecular weight excluding hydrogens is 364 g/mol. The van der Waals surface area contributed by atoms with Crippen LogP contribution in [0.2, 0.25) is 0 Å². The van der Waals surface area contributed by atoms with Gasteiger partial charge < -0.3 is 20.4 Å². The van der Waals surface area contributed by atoms with E-state index in [0.29, 0.717) is 6.54 Å². The summed E-state index contributed by atoms with van der Waals surface area (Å²) in [5, 5.41) is 6.34. The van der Waals surface area contributed by atoms with Gasteiger partial charge in [-0.2, -0.15) is 0 Å². The molecule has 6 nitrogen and oxygen atoms in total. The number of rotatable bonds is 4. The number of para-hydroxylation sites is 1. The molecule has 2 aliphatic rings. The van der Waals surface area contributed by atoms with Gasteiger partial charge in [-0.3, -0.25) is 4.79 Å². The summed E-state index contributed by atoms with van der Waals surface area (Å²) in [5.41, 5.74) is 2.76. The molecule has 2 saturated heterocycles. The zero-order chi connectivity index (χ0) is 20.1. The predicted octanol–water partition coefficient (Wildman–Crippen LogP) is 4.30. The second kappa shape index (κ2) is 8.99. The van der Waals surface area contributed by atoms with E-state index in [2.05, 4.69) is 10.6 Å². The number of carbonyl (C=O) groups is 2. The van der Waals surface area contributed by atoms with E-state index < -0.39 is 0 Å². The van der Waals surface area contributed by atoms with Crippen LogP contribution < -0.4 is 10.6 Å². The Morgan fingerprint density at radius 2 is 1.38 bits per heavy atom. The van der Waals surface area contributed by atoms with E-state index in [4.69, 9.17) is 0 Å². The number of benzene rings is 2. The number of anilines is 3. The first kappa shape index (κ1) is 19.3. The maximum atomic E-state index is 12.8. The molecule has 0 aliphatic carbocycles. The Morgan fingerprint density at radius 3 is 2.10 bits per heavy atom. The Kier molecular flexibility index (Phi) is 5.98. The molecule has 0 radical (unpaired) electrons. The van der Waals surface area contributed by atoms with Gasteiger partial charge in [0.25, 0.3) is 0 Å². The van der Waals surface area contributed by atoms with Crippen LogP contribution in [0.1, 0.15) is 25.7 Å². The monoisotopic (exact) mass is 392 g/mol. The van der Waals surface area contributed by atoms with Gasteiger partial charge in [-0.25, -0.2) is 4.79 Å². The van der Waals surface area contributed by atoms with Crippen LogP contribution in [0.15, 0.2) is 54.6 Å². The maximum Gasteiger partial charge on any atom is 0.320 e. The van der Waals surface area contributed by atoms with Crippen molar-refractivity contribution in [3.63, 3.8) is 0 Å². The number of nitrogens with zero attached hydrogens (tertiary/aromatic N) is 2. The van der Waals surface area contributed by atoms with Gasteiger partial charge in [0, 0.05) is 43.2 Å². The number of hydrogen-bond acceptors (Lipinski definition) is 3. The highest BCUT2D eigenvalue weighted by Crippen LogP contribution is 2.23. The summed E-state index contributed by atoms with van der Waals surface area (Å²) in [6.45, 7) is 2.94. The standard InChI is InChI=1S/C23H28N4O2/c28-22(18-7-6-16-27(17-18)23(29)26-14-4-5-15-26)25-21-12-10-20(11-13-21)24-19-8-2-1-3-9-19/h1-3,8-13,18,24H,4-7,14-17H2,(H,25,28). The Bertz CT molecular complexity index is 832. The van der Waals surface area contributed by atoms with Crippen LogP contribution in [0.4, 0.5) is 21.9 Å². The van der Waals surface area contributed by atoms with Gasteiger partial charge in [0.1, 0.15) is 0 Å². The minimum Gasteiger partial charge on any atom is -0.356 e. The third kappa shape index (κ3) is 4.88. The molecule has 0 saturated carbocycles. The molecule has 1 atom stereocenters. The zero-order valence-corrected chi connectivity index (χ0v) is 16.6. The zero-order valence-electron chi connectivity index (χ0n) is 16.6. The van der Waals surface area contributed by atoms with E-state index in [-0.39, 0.29) is 17.9 Å². The Labute approximate surface area is 171 Å². The van der Waals surface area contributed by atoms with Crippen molar-refractivity contribution in [2.75, 3.05) is 36.8 Å². The van der Waals surface area contributed by atoms with E-state index in [1.165, 1.54) is 0 Å². The van der Waals surface area contributed by atoms with Gasteiger partial charge in [0.2, 0.25) is 5.91 Å². The average Bonchev–Trinajstić information content (AvgIpc) is 3.30. The quantitative estimate of drug-likeness (QED) is 0.815. The molecule has 2 N–H and O–H groups in total. The van der Waals surface area contributed by atoms with Crippen LogP contribution in [0.5, 0.6) is 0 Å². The molecule has 0 bridgehead atoms.